The van der Waals surface area contributed by atoms with Crippen molar-refractivity contribution in [3.05, 3.63) is 29.8 Å². The van der Waals surface area contributed by atoms with Crippen LogP contribution in [0.4, 0.5) is 5.69 Å². The summed E-state index contributed by atoms with van der Waals surface area (Å²) >= 11 is 0. The van der Waals surface area contributed by atoms with Gasteiger partial charge in [-0.05, 0) is 30.5 Å². The van der Waals surface area contributed by atoms with Gasteiger partial charge in [-0.2, -0.15) is 0 Å². The predicted molar refractivity (Wildman–Crippen MR) is 99.6 cm³/mol. The molecule has 5 heteroatoms. The molecule has 1 aliphatic carbocycles. The Bertz CT molecular complexity index is 606. The van der Waals surface area contributed by atoms with Gasteiger partial charge in [0.15, 0.2) is 0 Å². The molecule has 0 N–H and O–H groups in total. The van der Waals surface area contributed by atoms with Crippen LogP contribution in [0.25, 0.3) is 0 Å². The van der Waals surface area contributed by atoms with Crippen molar-refractivity contribution in [3.63, 3.8) is 0 Å². The Morgan fingerprint density at radius 1 is 1.08 bits per heavy atom. The Morgan fingerprint density at radius 3 is 2.36 bits per heavy atom. The summed E-state index contributed by atoms with van der Waals surface area (Å²) in [6.45, 7) is 1.59. The lowest BCUT2D eigenvalue weighted by Crippen LogP contribution is -2.56. The van der Waals surface area contributed by atoms with Crippen LogP contribution in [0.1, 0.15) is 37.7 Å². The first-order chi connectivity index (χ1) is 12.0. The standard InChI is InChI=1S/C20H29N3O2/c1-21(2)17-10-8-16(9-11-17)14-19(24)22-12-13-23(20(25)15-22)18-6-4-3-5-7-18/h8-11,18H,3-7,12-15H2,1-2H3. The van der Waals surface area contributed by atoms with Crippen LogP contribution in [-0.2, 0) is 16.0 Å². The van der Waals surface area contributed by atoms with Gasteiger partial charge in [0, 0.05) is 38.9 Å². The monoisotopic (exact) mass is 343 g/mol. The lowest BCUT2D eigenvalue weighted by molar-refractivity contribution is -0.147. The molecule has 1 heterocycles. The Labute approximate surface area is 150 Å². The molecular weight excluding hydrogens is 314 g/mol. The van der Waals surface area contributed by atoms with Crippen molar-refractivity contribution in [1.82, 2.24) is 9.80 Å². The number of rotatable bonds is 4. The van der Waals surface area contributed by atoms with Crippen molar-refractivity contribution >= 4 is 17.5 Å². The van der Waals surface area contributed by atoms with Crippen molar-refractivity contribution in [2.75, 3.05) is 38.6 Å². The highest BCUT2D eigenvalue weighted by atomic mass is 16.2. The van der Waals surface area contributed by atoms with E-state index in [0.717, 1.165) is 24.1 Å². The maximum atomic E-state index is 12.6. The minimum atomic E-state index is 0.0502. The van der Waals surface area contributed by atoms with Crippen molar-refractivity contribution in [1.29, 1.82) is 0 Å². The fraction of sp³-hybridized carbons (Fsp3) is 0.600. The zero-order chi connectivity index (χ0) is 17.8. The molecule has 25 heavy (non-hydrogen) atoms. The quantitative estimate of drug-likeness (QED) is 0.843. The van der Waals surface area contributed by atoms with E-state index < -0.39 is 0 Å². The van der Waals surface area contributed by atoms with Crippen LogP contribution in [0.15, 0.2) is 24.3 Å². The normalized spacial score (nSPS) is 19.2. The number of hydrogen-bond donors (Lipinski definition) is 0. The Morgan fingerprint density at radius 2 is 1.76 bits per heavy atom. The van der Waals surface area contributed by atoms with Crippen LogP contribution in [0, 0.1) is 0 Å². The molecular formula is C20H29N3O2. The SMILES string of the molecule is CN(C)c1ccc(CC(=O)N2CCN(C3CCCCC3)C(=O)C2)cc1. The summed E-state index contributed by atoms with van der Waals surface area (Å²) < 4.78 is 0. The lowest BCUT2D eigenvalue weighted by Gasteiger charge is -2.40. The molecule has 2 amide bonds. The van der Waals surface area contributed by atoms with E-state index >= 15 is 0 Å². The summed E-state index contributed by atoms with van der Waals surface area (Å²) in [7, 11) is 4.00. The summed E-state index contributed by atoms with van der Waals surface area (Å²) in [5.74, 6) is 0.170. The highest BCUT2D eigenvalue weighted by molar-refractivity contribution is 5.87. The van der Waals surface area contributed by atoms with E-state index in [1.54, 1.807) is 4.90 Å². The van der Waals surface area contributed by atoms with E-state index in [2.05, 4.69) is 0 Å². The number of carbonyl (C=O) groups is 2. The molecule has 0 radical (unpaired) electrons. The van der Waals surface area contributed by atoms with Gasteiger partial charge in [-0.3, -0.25) is 9.59 Å². The van der Waals surface area contributed by atoms with E-state index in [1.807, 2.05) is 48.2 Å². The molecule has 0 unspecified atom stereocenters. The molecule has 1 saturated heterocycles. The van der Waals surface area contributed by atoms with Gasteiger partial charge in [-0.15, -0.1) is 0 Å². The van der Waals surface area contributed by atoms with Crippen LogP contribution in [0.2, 0.25) is 0 Å². The Balaban J connectivity index is 1.54. The molecule has 1 saturated carbocycles. The van der Waals surface area contributed by atoms with Crippen LogP contribution >= 0.6 is 0 Å². The summed E-state index contributed by atoms with van der Waals surface area (Å²) in [5.41, 5.74) is 2.12. The summed E-state index contributed by atoms with van der Waals surface area (Å²) in [5, 5.41) is 0. The Kier molecular flexibility index (Phi) is 5.61. The van der Waals surface area contributed by atoms with Crippen molar-refractivity contribution < 1.29 is 9.59 Å². The third-order valence-electron chi connectivity index (χ3n) is 5.43. The van der Waals surface area contributed by atoms with E-state index in [-0.39, 0.29) is 18.4 Å². The number of piperazine rings is 1. The Hall–Kier alpha value is -2.04. The minimum absolute atomic E-state index is 0.0502. The molecule has 1 aliphatic heterocycles. The van der Waals surface area contributed by atoms with Gasteiger partial charge in [0.05, 0.1) is 13.0 Å². The number of carbonyl (C=O) groups excluding carboxylic acids is 2. The van der Waals surface area contributed by atoms with Gasteiger partial charge < -0.3 is 14.7 Å². The second-order valence-corrected chi connectivity index (χ2v) is 7.43. The summed E-state index contributed by atoms with van der Waals surface area (Å²) in [6.07, 6.45) is 6.34. The second kappa shape index (κ2) is 7.89. The predicted octanol–water partition coefficient (Wildman–Crippen LogP) is 2.30. The maximum absolute atomic E-state index is 12.6. The van der Waals surface area contributed by atoms with Gasteiger partial charge in [-0.1, -0.05) is 31.4 Å². The molecule has 1 aromatic carbocycles. The number of anilines is 1. The fourth-order valence-corrected chi connectivity index (χ4v) is 3.88. The van der Waals surface area contributed by atoms with Gasteiger partial charge in [0.25, 0.3) is 0 Å². The maximum Gasteiger partial charge on any atom is 0.242 e. The van der Waals surface area contributed by atoms with Gasteiger partial charge in [0.2, 0.25) is 11.8 Å². The minimum Gasteiger partial charge on any atom is -0.378 e. The van der Waals surface area contributed by atoms with Crippen molar-refractivity contribution in [2.24, 2.45) is 0 Å². The zero-order valence-corrected chi connectivity index (χ0v) is 15.4. The largest absolute Gasteiger partial charge is 0.378 e. The molecule has 0 atom stereocenters. The average Bonchev–Trinajstić information content (AvgIpc) is 2.62. The van der Waals surface area contributed by atoms with Crippen LogP contribution in [0.5, 0.6) is 0 Å². The molecule has 3 rings (SSSR count). The molecule has 0 spiro atoms. The van der Waals surface area contributed by atoms with E-state index in [1.165, 1.54) is 19.3 Å². The number of hydrogen-bond acceptors (Lipinski definition) is 3. The van der Waals surface area contributed by atoms with E-state index in [4.69, 9.17) is 0 Å². The van der Waals surface area contributed by atoms with E-state index in [9.17, 15) is 9.59 Å². The first kappa shape index (κ1) is 17.8. The van der Waals surface area contributed by atoms with Crippen molar-refractivity contribution in [3.8, 4) is 0 Å². The smallest absolute Gasteiger partial charge is 0.242 e. The third kappa shape index (κ3) is 4.33. The van der Waals surface area contributed by atoms with Crippen LogP contribution in [-0.4, -0.2) is 61.4 Å². The summed E-state index contributed by atoms with van der Waals surface area (Å²) in [4.78, 5) is 30.8. The molecule has 136 valence electrons. The molecule has 0 aromatic heterocycles. The lowest BCUT2D eigenvalue weighted by atomic mass is 9.93. The van der Waals surface area contributed by atoms with Crippen molar-refractivity contribution in [2.45, 2.75) is 44.6 Å². The number of benzene rings is 1. The average molecular weight is 343 g/mol. The molecule has 2 aliphatic rings. The van der Waals surface area contributed by atoms with Gasteiger partial charge >= 0.3 is 0 Å². The highest BCUT2D eigenvalue weighted by Crippen LogP contribution is 2.24. The molecule has 0 bridgehead atoms. The zero-order valence-electron chi connectivity index (χ0n) is 15.4. The third-order valence-corrected chi connectivity index (χ3v) is 5.43. The topological polar surface area (TPSA) is 43.9 Å². The molecule has 2 fully saturated rings. The number of amides is 2. The first-order valence-corrected chi connectivity index (χ1v) is 9.38. The first-order valence-electron chi connectivity index (χ1n) is 9.38. The summed E-state index contributed by atoms with van der Waals surface area (Å²) in [6, 6.07) is 8.43. The van der Waals surface area contributed by atoms with E-state index in [0.29, 0.717) is 25.6 Å². The fourth-order valence-electron chi connectivity index (χ4n) is 3.88. The van der Waals surface area contributed by atoms with Gasteiger partial charge in [0.1, 0.15) is 0 Å². The van der Waals surface area contributed by atoms with Gasteiger partial charge in [-0.25, -0.2) is 0 Å². The van der Waals surface area contributed by atoms with Crippen LogP contribution in [0.3, 0.4) is 0 Å². The molecule has 1 aromatic rings. The second-order valence-electron chi connectivity index (χ2n) is 7.43. The molecule has 5 nitrogen and oxygen atoms in total. The van der Waals surface area contributed by atoms with Crippen LogP contribution < -0.4 is 4.90 Å². The highest BCUT2D eigenvalue weighted by Gasteiger charge is 2.32. The number of nitrogens with zero attached hydrogens (tertiary/aromatic N) is 3.